The average molecular weight is 581 g/mol. The third-order valence-corrected chi connectivity index (χ3v) is 5.89. The maximum Gasteiger partial charge on any atom is 0.411 e. The van der Waals surface area contributed by atoms with Crippen molar-refractivity contribution in [2.45, 2.75) is 31.2 Å². The number of benzene rings is 1. The van der Waals surface area contributed by atoms with Gasteiger partial charge in [-0.05, 0) is 43.3 Å². The Morgan fingerprint density at radius 3 is 2.40 bits per heavy atom. The lowest BCUT2D eigenvalue weighted by Gasteiger charge is -2.37. The lowest BCUT2D eigenvalue weighted by Crippen LogP contribution is -2.49. The Balaban J connectivity index is 1.61. The Morgan fingerprint density at radius 2 is 1.80 bits per heavy atom. The van der Waals surface area contributed by atoms with Gasteiger partial charge in [-0.2, -0.15) is 13.2 Å². The maximum atomic E-state index is 14.9. The third-order valence-electron chi connectivity index (χ3n) is 5.67. The van der Waals surface area contributed by atoms with Crippen molar-refractivity contribution in [2.24, 2.45) is 4.99 Å². The van der Waals surface area contributed by atoms with Gasteiger partial charge in [-0.15, -0.1) is 0 Å². The Morgan fingerprint density at radius 1 is 1.10 bits per heavy atom. The highest BCUT2D eigenvalue weighted by Gasteiger charge is 2.51. The largest absolute Gasteiger partial charge is 0.452 e. The van der Waals surface area contributed by atoms with Gasteiger partial charge in [-0.1, -0.05) is 11.6 Å². The highest BCUT2D eigenvalue weighted by Crippen LogP contribution is 2.40. The minimum Gasteiger partial charge on any atom is -0.452 e. The van der Waals surface area contributed by atoms with Crippen molar-refractivity contribution < 1.29 is 36.8 Å². The quantitative estimate of drug-likeness (QED) is 0.250. The van der Waals surface area contributed by atoms with Crippen molar-refractivity contribution in [1.29, 1.82) is 0 Å². The van der Waals surface area contributed by atoms with Gasteiger partial charge in [-0.25, -0.2) is 19.4 Å². The van der Waals surface area contributed by atoms with E-state index in [1.54, 1.807) is 0 Å². The third kappa shape index (κ3) is 6.31. The number of amidine groups is 1. The van der Waals surface area contributed by atoms with Crippen LogP contribution < -0.4 is 10.6 Å². The molecular formula is C24H17ClF4N6O5. The number of hydrogen-bond acceptors (Lipinski definition) is 8. The van der Waals surface area contributed by atoms with Crippen LogP contribution in [0.15, 0.2) is 59.7 Å². The van der Waals surface area contributed by atoms with Crippen LogP contribution in [0.5, 0.6) is 0 Å². The zero-order valence-corrected chi connectivity index (χ0v) is 21.0. The number of non-ortho nitro benzene ring substituents is 1. The Labute approximate surface area is 227 Å². The first-order valence-electron chi connectivity index (χ1n) is 11.2. The molecule has 2 amide bonds. The average Bonchev–Trinajstić information content (AvgIpc) is 2.89. The van der Waals surface area contributed by atoms with Gasteiger partial charge in [0.05, 0.1) is 9.95 Å². The predicted octanol–water partition coefficient (Wildman–Crippen LogP) is 4.78. The number of pyridine rings is 2. The van der Waals surface area contributed by atoms with Crippen LogP contribution in [0.4, 0.5) is 29.1 Å². The molecule has 208 valence electrons. The Bertz CT molecular complexity index is 1500. The number of anilines is 1. The first kappa shape index (κ1) is 28.4. The smallest absolute Gasteiger partial charge is 0.411 e. The standard InChI is InChI=1S/C24H17ClF4N6O5/c1-23(19-15(26)7-9-18(32-19)33-21(37)16-8-4-13(25)11-30-16)10-17(24(27,28)29)31-22(40-23)34-20(36)12-2-5-14(6-3-12)35(38)39/h2-9,11,17H,10H2,1H3,(H,31,34,36)(H,32,33,37)/t17-,23-/m0/s1. The molecule has 3 heterocycles. The summed E-state index contributed by atoms with van der Waals surface area (Å²) < 4.78 is 61.9. The molecule has 0 bridgehead atoms. The molecule has 0 saturated heterocycles. The van der Waals surface area contributed by atoms with Gasteiger partial charge in [0.1, 0.15) is 23.0 Å². The predicted molar refractivity (Wildman–Crippen MR) is 132 cm³/mol. The summed E-state index contributed by atoms with van der Waals surface area (Å²) in [4.78, 5) is 46.5. The molecule has 0 unspecified atom stereocenters. The van der Waals surface area contributed by atoms with Gasteiger partial charge in [0.25, 0.3) is 23.5 Å². The van der Waals surface area contributed by atoms with E-state index in [1.807, 2.05) is 0 Å². The molecule has 4 rings (SSSR count). The molecule has 2 aromatic heterocycles. The molecule has 0 radical (unpaired) electrons. The van der Waals surface area contributed by atoms with Crippen LogP contribution in [0, 0.1) is 15.9 Å². The highest BCUT2D eigenvalue weighted by molar-refractivity contribution is 6.30. The van der Waals surface area contributed by atoms with E-state index in [2.05, 4.69) is 25.6 Å². The summed E-state index contributed by atoms with van der Waals surface area (Å²) in [7, 11) is 0. The number of ether oxygens (including phenoxy) is 1. The number of nitro groups is 1. The summed E-state index contributed by atoms with van der Waals surface area (Å²) >= 11 is 5.75. The van der Waals surface area contributed by atoms with E-state index in [4.69, 9.17) is 16.3 Å². The topological polar surface area (TPSA) is 149 Å². The lowest BCUT2D eigenvalue weighted by molar-refractivity contribution is -0.384. The number of rotatable bonds is 5. The number of halogens is 5. The van der Waals surface area contributed by atoms with Crippen LogP contribution in [-0.2, 0) is 10.3 Å². The number of nitro benzene ring substituents is 1. The van der Waals surface area contributed by atoms with E-state index >= 15 is 0 Å². The zero-order chi connectivity index (χ0) is 29.2. The number of aliphatic imine (C=N–C) groups is 1. The van der Waals surface area contributed by atoms with Gasteiger partial charge < -0.3 is 10.1 Å². The van der Waals surface area contributed by atoms with Crippen molar-refractivity contribution in [1.82, 2.24) is 15.3 Å². The second kappa shape index (κ2) is 10.8. The number of amides is 2. The Kier molecular flexibility index (Phi) is 7.68. The summed E-state index contributed by atoms with van der Waals surface area (Å²) in [5.74, 6) is -2.99. The van der Waals surface area contributed by atoms with E-state index in [0.29, 0.717) is 0 Å². The summed E-state index contributed by atoms with van der Waals surface area (Å²) in [6.45, 7) is 1.12. The molecule has 0 spiro atoms. The molecular weight excluding hydrogens is 564 g/mol. The molecule has 16 heteroatoms. The van der Waals surface area contributed by atoms with Crippen LogP contribution in [0.1, 0.15) is 39.9 Å². The monoisotopic (exact) mass is 580 g/mol. The number of nitrogens with zero attached hydrogens (tertiary/aromatic N) is 4. The van der Waals surface area contributed by atoms with Gasteiger partial charge in [0, 0.05) is 30.3 Å². The summed E-state index contributed by atoms with van der Waals surface area (Å²) in [5, 5.41) is 15.6. The minimum absolute atomic E-state index is 0.0577. The van der Waals surface area contributed by atoms with Crippen molar-refractivity contribution in [3.8, 4) is 0 Å². The van der Waals surface area contributed by atoms with Gasteiger partial charge in [-0.3, -0.25) is 25.0 Å². The summed E-state index contributed by atoms with van der Waals surface area (Å²) in [5.41, 5.74) is -3.22. The fraction of sp³-hybridized carbons (Fsp3) is 0.208. The van der Waals surface area contributed by atoms with Crippen molar-refractivity contribution in [3.05, 3.63) is 92.6 Å². The zero-order valence-electron chi connectivity index (χ0n) is 20.2. The molecule has 40 heavy (non-hydrogen) atoms. The van der Waals surface area contributed by atoms with E-state index in [0.717, 1.165) is 43.3 Å². The normalized spacial score (nSPS) is 18.8. The fourth-order valence-corrected chi connectivity index (χ4v) is 3.82. The number of carbonyl (C=O) groups is 2. The molecule has 11 nitrogen and oxygen atoms in total. The summed E-state index contributed by atoms with van der Waals surface area (Å²) in [6.07, 6.45) is -4.59. The molecule has 3 aromatic rings. The lowest BCUT2D eigenvalue weighted by atomic mass is 9.91. The summed E-state index contributed by atoms with van der Waals surface area (Å²) in [6, 6.07) is 5.62. The van der Waals surface area contributed by atoms with Crippen molar-refractivity contribution in [2.75, 3.05) is 5.32 Å². The number of aromatic nitrogens is 2. The van der Waals surface area contributed by atoms with Crippen molar-refractivity contribution >= 4 is 40.9 Å². The number of carbonyl (C=O) groups excluding carboxylic acids is 2. The van der Waals surface area contributed by atoms with Gasteiger partial charge in [0.2, 0.25) is 0 Å². The number of nitrogens with one attached hydrogen (secondary N) is 2. The first-order chi connectivity index (χ1) is 18.7. The molecule has 0 fully saturated rings. The van der Waals surface area contributed by atoms with E-state index in [1.165, 1.54) is 18.3 Å². The molecule has 1 aliphatic heterocycles. The van der Waals surface area contributed by atoms with Gasteiger partial charge in [0.15, 0.2) is 11.6 Å². The SMILES string of the molecule is C[C@@]1(c2nc(NC(=O)c3ccc(Cl)cn3)ccc2F)C[C@@H](C(F)(F)F)N=C(NC(=O)c2ccc([N+](=O)[O-])cc2)O1. The van der Waals surface area contributed by atoms with E-state index in [-0.39, 0.29) is 27.8 Å². The second-order valence-corrected chi connectivity index (χ2v) is 9.07. The van der Waals surface area contributed by atoms with E-state index in [9.17, 15) is 37.3 Å². The minimum atomic E-state index is -4.91. The number of hydrogen-bond donors (Lipinski definition) is 2. The molecule has 2 atom stereocenters. The van der Waals surface area contributed by atoms with E-state index < -0.39 is 58.5 Å². The van der Waals surface area contributed by atoms with Crippen LogP contribution in [0.25, 0.3) is 0 Å². The second-order valence-electron chi connectivity index (χ2n) is 8.63. The van der Waals surface area contributed by atoms with Crippen LogP contribution in [-0.4, -0.2) is 44.9 Å². The van der Waals surface area contributed by atoms with Crippen molar-refractivity contribution in [3.63, 3.8) is 0 Å². The molecule has 1 aromatic carbocycles. The fourth-order valence-electron chi connectivity index (χ4n) is 3.71. The molecule has 0 saturated carbocycles. The molecule has 1 aliphatic rings. The molecule has 0 aliphatic carbocycles. The molecule has 2 N–H and O–H groups in total. The Hall–Kier alpha value is -4.66. The van der Waals surface area contributed by atoms with Crippen LogP contribution in [0.3, 0.4) is 0 Å². The van der Waals surface area contributed by atoms with Crippen LogP contribution in [0.2, 0.25) is 5.02 Å². The number of alkyl halides is 3. The first-order valence-corrected chi connectivity index (χ1v) is 11.6. The van der Waals surface area contributed by atoms with Crippen LogP contribution >= 0.6 is 11.6 Å². The van der Waals surface area contributed by atoms with Gasteiger partial charge >= 0.3 is 6.18 Å². The highest BCUT2D eigenvalue weighted by atomic mass is 35.5. The maximum absolute atomic E-state index is 14.9.